The van der Waals surface area contributed by atoms with Crippen LogP contribution >= 0.6 is 0 Å². The third-order valence-corrected chi connectivity index (χ3v) is 2.28. The van der Waals surface area contributed by atoms with Crippen molar-refractivity contribution >= 4 is 5.97 Å². The van der Waals surface area contributed by atoms with Crippen molar-refractivity contribution in [3.05, 3.63) is 29.3 Å². The maximum Gasteiger partial charge on any atom is 0.307 e. The fraction of sp³-hybridized carbons (Fsp3) is 0.417. The van der Waals surface area contributed by atoms with Crippen LogP contribution in [0.15, 0.2) is 18.2 Å². The molecule has 0 spiro atoms. The van der Waals surface area contributed by atoms with Gasteiger partial charge in [0, 0.05) is 0 Å². The number of hydrogen-bond acceptors (Lipinski definition) is 4. The molecule has 5 heteroatoms. The number of carboxylic acids is 1. The van der Waals surface area contributed by atoms with Crippen LogP contribution in [0, 0.1) is 0 Å². The first-order valence-electron chi connectivity index (χ1n) is 5.34. The highest BCUT2D eigenvalue weighted by Crippen LogP contribution is 2.18. The third kappa shape index (κ3) is 4.84. The van der Waals surface area contributed by atoms with Crippen LogP contribution < -0.4 is 0 Å². The van der Waals surface area contributed by atoms with Gasteiger partial charge in [-0.25, -0.2) is 0 Å². The SMILES string of the molecule is O=C(O)Cc1ccc(O)cc1CCOCCO. The van der Waals surface area contributed by atoms with Crippen LogP contribution in [0.4, 0.5) is 0 Å². The Morgan fingerprint density at radius 2 is 2.00 bits per heavy atom. The summed E-state index contributed by atoms with van der Waals surface area (Å²) in [6.07, 6.45) is 0.437. The van der Waals surface area contributed by atoms with Gasteiger partial charge < -0.3 is 20.1 Å². The molecule has 5 nitrogen and oxygen atoms in total. The topological polar surface area (TPSA) is 87.0 Å². The molecule has 0 heterocycles. The van der Waals surface area contributed by atoms with Crippen molar-refractivity contribution in [1.82, 2.24) is 0 Å². The number of benzene rings is 1. The van der Waals surface area contributed by atoms with Crippen LogP contribution in [0.1, 0.15) is 11.1 Å². The zero-order chi connectivity index (χ0) is 12.7. The van der Waals surface area contributed by atoms with E-state index in [4.69, 9.17) is 14.9 Å². The largest absolute Gasteiger partial charge is 0.508 e. The van der Waals surface area contributed by atoms with E-state index in [-0.39, 0.29) is 25.4 Å². The van der Waals surface area contributed by atoms with Crippen molar-refractivity contribution in [3.8, 4) is 5.75 Å². The summed E-state index contributed by atoms with van der Waals surface area (Å²) in [5.41, 5.74) is 1.42. The molecule has 0 aliphatic carbocycles. The summed E-state index contributed by atoms with van der Waals surface area (Å²) in [5, 5.41) is 26.6. The number of aliphatic hydroxyl groups is 1. The highest BCUT2D eigenvalue weighted by atomic mass is 16.5. The number of carbonyl (C=O) groups is 1. The van der Waals surface area contributed by atoms with Gasteiger partial charge in [-0.1, -0.05) is 6.07 Å². The van der Waals surface area contributed by atoms with Gasteiger partial charge in [0.1, 0.15) is 5.75 Å². The van der Waals surface area contributed by atoms with Gasteiger partial charge >= 0.3 is 5.97 Å². The lowest BCUT2D eigenvalue weighted by Gasteiger charge is -2.08. The summed E-state index contributed by atoms with van der Waals surface area (Å²) in [7, 11) is 0. The molecular weight excluding hydrogens is 224 g/mol. The molecule has 0 atom stereocenters. The predicted molar refractivity (Wildman–Crippen MR) is 61.1 cm³/mol. The van der Waals surface area contributed by atoms with E-state index in [0.717, 1.165) is 5.56 Å². The first-order valence-corrected chi connectivity index (χ1v) is 5.34. The van der Waals surface area contributed by atoms with E-state index in [1.165, 1.54) is 6.07 Å². The lowest BCUT2D eigenvalue weighted by atomic mass is 10.0. The number of rotatable bonds is 7. The molecule has 17 heavy (non-hydrogen) atoms. The van der Waals surface area contributed by atoms with Crippen LogP contribution in [-0.4, -0.2) is 41.1 Å². The summed E-state index contributed by atoms with van der Waals surface area (Å²) in [4.78, 5) is 10.7. The first kappa shape index (κ1) is 13.5. The Morgan fingerprint density at radius 3 is 2.65 bits per heavy atom. The molecule has 0 aliphatic rings. The molecule has 1 aromatic carbocycles. The molecule has 0 saturated heterocycles. The smallest absolute Gasteiger partial charge is 0.307 e. The Kier molecular flexibility index (Phi) is 5.45. The molecule has 1 rings (SSSR count). The molecule has 0 unspecified atom stereocenters. The van der Waals surface area contributed by atoms with Gasteiger partial charge in [-0.05, 0) is 29.7 Å². The van der Waals surface area contributed by atoms with Gasteiger partial charge in [0.15, 0.2) is 0 Å². The maximum absolute atomic E-state index is 10.7. The van der Waals surface area contributed by atoms with Gasteiger partial charge in [-0.2, -0.15) is 0 Å². The van der Waals surface area contributed by atoms with E-state index < -0.39 is 5.97 Å². The number of carboxylic acid groups (broad SMARTS) is 1. The van der Waals surface area contributed by atoms with Gasteiger partial charge in [0.2, 0.25) is 0 Å². The molecule has 0 radical (unpaired) electrons. The highest BCUT2D eigenvalue weighted by Gasteiger charge is 2.07. The average Bonchev–Trinajstić information content (AvgIpc) is 2.27. The Balaban J connectivity index is 2.66. The van der Waals surface area contributed by atoms with E-state index in [0.29, 0.717) is 18.6 Å². The number of hydrogen-bond donors (Lipinski definition) is 3. The molecular formula is C12H16O5. The molecule has 0 aromatic heterocycles. The van der Waals surface area contributed by atoms with Crippen LogP contribution in [0.2, 0.25) is 0 Å². The van der Waals surface area contributed by atoms with Gasteiger partial charge in [-0.15, -0.1) is 0 Å². The zero-order valence-electron chi connectivity index (χ0n) is 9.43. The van der Waals surface area contributed by atoms with Crippen LogP contribution in [0.5, 0.6) is 5.75 Å². The molecule has 3 N–H and O–H groups in total. The van der Waals surface area contributed by atoms with Crippen LogP contribution in [-0.2, 0) is 22.4 Å². The highest BCUT2D eigenvalue weighted by molar-refractivity contribution is 5.70. The summed E-state index contributed by atoms with van der Waals surface area (Å²) >= 11 is 0. The van der Waals surface area contributed by atoms with Crippen molar-refractivity contribution in [2.24, 2.45) is 0 Å². The van der Waals surface area contributed by atoms with Crippen LogP contribution in [0.3, 0.4) is 0 Å². The molecule has 0 amide bonds. The summed E-state index contributed by atoms with van der Waals surface area (Å²) in [6.45, 7) is 0.603. The molecule has 1 aromatic rings. The van der Waals surface area contributed by atoms with Crippen molar-refractivity contribution in [1.29, 1.82) is 0 Å². The van der Waals surface area contributed by atoms with E-state index >= 15 is 0 Å². The molecule has 0 saturated carbocycles. The number of phenolic OH excluding ortho intramolecular Hbond substituents is 1. The summed E-state index contributed by atoms with van der Waals surface area (Å²) < 4.78 is 5.11. The lowest BCUT2D eigenvalue weighted by molar-refractivity contribution is -0.136. The van der Waals surface area contributed by atoms with Crippen LogP contribution in [0.25, 0.3) is 0 Å². The normalized spacial score (nSPS) is 10.4. The number of aliphatic hydroxyl groups excluding tert-OH is 1. The molecule has 94 valence electrons. The number of aromatic hydroxyl groups is 1. The quantitative estimate of drug-likeness (QED) is 0.606. The number of phenols is 1. The summed E-state index contributed by atoms with van der Waals surface area (Å²) in [5.74, 6) is -0.801. The Morgan fingerprint density at radius 1 is 1.24 bits per heavy atom. The molecule has 0 aliphatic heterocycles. The second-order valence-electron chi connectivity index (χ2n) is 3.61. The van der Waals surface area contributed by atoms with E-state index in [1.807, 2.05) is 0 Å². The number of ether oxygens (including phenoxy) is 1. The minimum Gasteiger partial charge on any atom is -0.508 e. The van der Waals surface area contributed by atoms with Gasteiger partial charge in [0.05, 0.1) is 26.2 Å². The minimum absolute atomic E-state index is 0.0397. The average molecular weight is 240 g/mol. The first-order chi connectivity index (χ1) is 8.13. The van der Waals surface area contributed by atoms with Crippen molar-refractivity contribution in [2.75, 3.05) is 19.8 Å². The Bertz CT molecular complexity index is 375. The summed E-state index contributed by atoms with van der Waals surface area (Å²) in [6, 6.07) is 4.61. The second-order valence-corrected chi connectivity index (χ2v) is 3.61. The van der Waals surface area contributed by atoms with E-state index in [9.17, 15) is 9.90 Å². The van der Waals surface area contributed by atoms with E-state index in [2.05, 4.69) is 0 Å². The standard InChI is InChI=1S/C12H16O5/c13-4-6-17-5-3-10-7-11(14)2-1-9(10)8-12(15)16/h1-2,7,13-14H,3-6,8H2,(H,15,16). The maximum atomic E-state index is 10.7. The Hall–Kier alpha value is -1.59. The second kappa shape index (κ2) is 6.88. The lowest BCUT2D eigenvalue weighted by Crippen LogP contribution is -2.07. The molecule has 0 bridgehead atoms. The third-order valence-electron chi connectivity index (χ3n) is 2.28. The fourth-order valence-electron chi connectivity index (χ4n) is 1.53. The predicted octanol–water partition coefficient (Wildman–Crippen LogP) is 0.571. The Labute approximate surface area is 99.3 Å². The zero-order valence-corrected chi connectivity index (χ0v) is 9.43. The van der Waals surface area contributed by atoms with E-state index in [1.54, 1.807) is 12.1 Å². The van der Waals surface area contributed by atoms with Gasteiger partial charge in [0.25, 0.3) is 0 Å². The monoisotopic (exact) mass is 240 g/mol. The fourth-order valence-corrected chi connectivity index (χ4v) is 1.53. The number of aliphatic carboxylic acids is 1. The van der Waals surface area contributed by atoms with Crippen molar-refractivity contribution in [3.63, 3.8) is 0 Å². The molecule has 0 fully saturated rings. The van der Waals surface area contributed by atoms with Crippen molar-refractivity contribution in [2.45, 2.75) is 12.8 Å². The van der Waals surface area contributed by atoms with Gasteiger partial charge in [-0.3, -0.25) is 4.79 Å². The minimum atomic E-state index is -0.909. The van der Waals surface area contributed by atoms with Crippen molar-refractivity contribution < 1.29 is 24.9 Å².